The van der Waals surface area contributed by atoms with E-state index in [0.29, 0.717) is 11.6 Å². The van der Waals surface area contributed by atoms with Gasteiger partial charge in [0.2, 0.25) is 5.91 Å². The van der Waals surface area contributed by atoms with E-state index in [9.17, 15) is 4.79 Å². The maximum atomic E-state index is 12.1. The van der Waals surface area contributed by atoms with Gasteiger partial charge in [0.25, 0.3) is 0 Å². The van der Waals surface area contributed by atoms with Crippen molar-refractivity contribution in [2.45, 2.75) is 19.4 Å². The van der Waals surface area contributed by atoms with Crippen LogP contribution in [0.25, 0.3) is 0 Å². The lowest BCUT2D eigenvalue weighted by Gasteiger charge is -2.37. The Morgan fingerprint density at radius 1 is 1.23 bits per heavy atom. The van der Waals surface area contributed by atoms with Crippen LogP contribution in [0.3, 0.4) is 0 Å². The van der Waals surface area contributed by atoms with E-state index in [0.717, 1.165) is 38.5 Å². The minimum atomic E-state index is -0.792. The third kappa shape index (κ3) is 4.87. The van der Waals surface area contributed by atoms with E-state index in [1.807, 2.05) is 29.2 Å². The lowest BCUT2D eigenvalue weighted by molar-refractivity contribution is -0.137. The first-order valence-corrected chi connectivity index (χ1v) is 7.93. The highest BCUT2D eigenvalue weighted by Crippen LogP contribution is 2.15. The Labute approximate surface area is 137 Å². The van der Waals surface area contributed by atoms with Crippen LogP contribution in [0.5, 0.6) is 5.75 Å². The zero-order chi connectivity index (χ0) is 16.2. The maximum absolute atomic E-state index is 12.1. The summed E-state index contributed by atoms with van der Waals surface area (Å²) in [6.07, 6.45) is 0. The molecule has 122 valence electrons. The number of nitrogens with zero attached hydrogens (tertiary/aromatic N) is 2. The molecule has 1 aliphatic heterocycles. The zero-order valence-electron chi connectivity index (χ0n) is 13.2. The van der Waals surface area contributed by atoms with Gasteiger partial charge in [-0.05, 0) is 38.1 Å². The SMILES string of the molecule is CC(C)(N)C(=O)N1CCN(CCOc2ccc(Cl)cc2)CC1. The van der Waals surface area contributed by atoms with E-state index in [4.69, 9.17) is 22.1 Å². The van der Waals surface area contributed by atoms with Crippen LogP contribution >= 0.6 is 11.6 Å². The van der Waals surface area contributed by atoms with Crippen LogP contribution in [0.2, 0.25) is 5.02 Å². The van der Waals surface area contributed by atoms with Crippen LogP contribution in [0.1, 0.15) is 13.8 Å². The van der Waals surface area contributed by atoms with Crippen molar-refractivity contribution in [1.29, 1.82) is 0 Å². The van der Waals surface area contributed by atoms with Crippen molar-refractivity contribution in [2.24, 2.45) is 5.73 Å². The fraction of sp³-hybridized carbons (Fsp3) is 0.562. The number of amides is 1. The van der Waals surface area contributed by atoms with Gasteiger partial charge in [-0.3, -0.25) is 9.69 Å². The summed E-state index contributed by atoms with van der Waals surface area (Å²) in [5.41, 5.74) is 5.07. The highest BCUT2D eigenvalue weighted by atomic mass is 35.5. The van der Waals surface area contributed by atoms with Gasteiger partial charge in [-0.15, -0.1) is 0 Å². The number of carbonyl (C=O) groups is 1. The average molecular weight is 326 g/mol. The number of benzene rings is 1. The first-order chi connectivity index (χ1) is 10.4. The molecule has 0 aromatic heterocycles. The Kier molecular flexibility index (Phi) is 5.67. The first-order valence-electron chi connectivity index (χ1n) is 7.55. The number of ether oxygens (including phenoxy) is 1. The first kappa shape index (κ1) is 17.1. The average Bonchev–Trinajstić information content (AvgIpc) is 2.48. The van der Waals surface area contributed by atoms with Crippen molar-refractivity contribution in [1.82, 2.24) is 9.80 Å². The molecule has 6 heteroatoms. The number of rotatable bonds is 5. The quantitative estimate of drug-likeness (QED) is 0.893. The van der Waals surface area contributed by atoms with Crippen LogP contribution in [0.15, 0.2) is 24.3 Å². The smallest absolute Gasteiger partial charge is 0.242 e. The largest absolute Gasteiger partial charge is 0.492 e. The van der Waals surface area contributed by atoms with E-state index in [1.165, 1.54) is 0 Å². The highest BCUT2D eigenvalue weighted by molar-refractivity contribution is 6.30. The van der Waals surface area contributed by atoms with Crippen LogP contribution in [-0.4, -0.2) is 60.6 Å². The second-order valence-corrected chi connectivity index (χ2v) is 6.59. The highest BCUT2D eigenvalue weighted by Gasteiger charge is 2.29. The molecule has 0 unspecified atom stereocenters. The molecule has 2 rings (SSSR count). The Balaban J connectivity index is 1.69. The maximum Gasteiger partial charge on any atom is 0.242 e. The molecule has 0 aliphatic carbocycles. The molecule has 0 atom stereocenters. The molecule has 1 amide bonds. The van der Waals surface area contributed by atoms with Crippen molar-refractivity contribution in [3.05, 3.63) is 29.3 Å². The number of carbonyl (C=O) groups excluding carboxylic acids is 1. The molecular formula is C16H24ClN3O2. The van der Waals surface area contributed by atoms with Gasteiger partial charge in [-0.1, -0.05) is 11.6 Å². The number of piperazine rings is 1. The predicted octanol–water partition coefficient (Wildman–Crippen LogP) is 1.60. The van der Waals surface area contributed by atoms with Gasteiger partial charge < -0.3 is 15.4 Å². The van der Waals surface area contributed by atoms with E-state index in [-0.39, 0.29) is 5.91 Å². The van der Waals surface area contributed by atoms with E-state index >= 15 is 0 Å². The Hall–Kier alpha value is -1.30. The molecule has 0 saturated carbocycles. The summed E-state index contributed by atoms with van der Waals surface area (Å²) in [5, 5.41) is 0.705. The fourth-order valence-electron chi connectivity index (χ4n) is 2.41. The Morgan fingerprint density at radius 3 is 2.36 bits per heavy atom. The molecular weight excluding hydrogens is 302 g/mol. The van der Waals surface area contributed by atoms with Crippen molar-refractivity contribution >= 4 is 17.5 Å². The number of hydrogen-bond acceptors (Lipinski definition) is 4. The van der Waals surface area contributed by atoms with Crippen LogP contribution < -0.4 is 10.5 Å². The van der Waals surface area contributed by atoms with Gasteiger partial charge in [0.1, 0.15) is 12.4 Å². The monoisotopic (exact) mass is 325 g/mol. The topological polar surface area (TPSA) is 58.8 Å². The molecule has 1 heterocycles. The van der Waals surface area contributed by atoms with Crippen molar-refractivity contribution in [2.75, 3.05) is 39.3 Å². The molecule has 1 aliphatic rings. The summed E-state index contributed by atoms with van der Waals surface area (Å²) >= 11 is 5.83. The summed E-state index contributed by atoms with van der Waals surface area (Å²) in [4.78, 5) is 16.2. The van der Waals surface area contributed by atoms with Crippen molar-refractivity contribution in [3.63, 3.8) is 0 Å². The second kappa shape index (κ2) is 7.31. The molecule has 1 aromatic carbocycles. The lowest BCUT2D eigenvalue weighted by Crippen LogP contribution is -2.57. The van der Waals surface area contributed by atoms with Gasteiger partial charge in [-0.2, -0.15) is 0 Å². The summed E-state index contributed by atoms with van der Waals surface area (Å²) < 4.78 is 5.69. The standard InChI is InChI=1S/C16H24ClN3O2/c1-16(2,18)15(21)20-9-7-19(8-10-20)11-12-22-14-5-3-13(17)4-6-14/h3-6H,7-12,18H2,1-2H3. The van der Waals surface area contributed by atoms with Gasteiger partial charge >= 0.3 is 0 Å². The predicted molar refractivity (Wildman–Crippen MR) is 88.2 cm³/mol. The number of hydrogen-bond donors (Lipinski definition) is 1. The fourth-order valence-corrected chi connectivity index (χ4v) is 2.53. The summed E-state index contributed by atoms with van der Waals surface area (Å²) in [7, 11) is 0. The molecule has 1 aromatic rings. The van der Waals surface area contributed by atoms with Crippen LogP contribution in [0, 0.1) is 0 Å². The number of halogens is 1. The third-order valence-corrected chi connectivity index (χ3v) is 3.95. The van der Waals surface area contributed by atoms with E-state index in [1.54, 1.807) is 13.8 Å². The normalized spacial score (nSPS) is 16.6. The molecule has 2 N–H and O–H groups in total. The summed E-state index contributed by atoms with van der Waals surface area (Å²) in [6.45, 7) is 8.12. The minimum Gasteiger partial charge on any atom is -0.492 e. The molecule has 1 fully saturated rings. The van der Waals surface area contributed by atoms with Gasteiger partial charge in [0, 0.05) is 37.7 Å². The molecule has 0 radical (unpaired) electrons. The van der Waals surface area contributed by atoms with E-state index < -0.39 is 5.54 Å². The van der Waals surface area contributed by atoms with Gasteiger partial charge in [0.15, 0.2) is 0 Å². The Morgan fingerprint density at radius 2 is 1.82 bits per heavy atom. The van der Waals surface area contributed by atoms with Crippen molar-refractivity contribution in [3.8, 4) is 5.75 Å². The van der Waals surface area contributed by atoms with Gasteiger partial charge in [-0.25, -0.2) is 0 Å². The number of nitrogens with two attached hydrogens (primary N) is 1. The molecule has 22 heavy (non-hydrogen) atoms. The summed E-state index contributed by atoms with van der Waals surface area (Å²) in [6, 6.07) is 7.36. The molecule has 0 bridgehead atoms. The van der Waals surface area contributed by atoms with Crippen molar-refractivity contribution < 1.29 is 9.53 Å². The Bertz CT molecular complexity index is 491. The van der Waals surface area contributed by atoms with Crippen LogP contribution in [-0.2, 0) is 4.79 Å². The lowest BCUT2D eigenvalue weighted by atomic mass is 10.0. The van der Waals surface area contributed by atoms with Gasteiger partial charge in [0.05, 0.1) is 5.54 Å². The van der Waals surface area contributed by atoms with E-state index in [2.05, 4.69) is 4.90 Å². The minimum absolute atomic E-state index is 0.0181. The summed E-state index contributed by atoms with van der Waals surface area (Å²) in [5.74, 6) is 0.840. The molecule has 1 saturated heterocycles. The second-order valence-electron chi connectivity index (χ2n) is 6.16. The zero-order valence-corrected chi connectivity index (χ0v) is 14.0. The van der Waals surface area contributed by atoms with Crippen LogP contribution in [0.4, 0.5) is 0 Å². The molecule has 5 nitrogen and oxygen atoms in total. The third-order valence-electron chi connectivity index (χ3n) is 3.70. The molecule has 0 spiro atoms.